The van der Waals surface area contributed by atoms with Gasteiger partial charge in [0.1, 0.15) is 0 Å². The van der Waals surface area contributed by atoms with Gasteiger partial charge in [-0.1, -0.05) is 25.7 Å². The van der Waals surface area contributed by atoms with Gasteiger partial charge in [0, 0.05) is 12.5 Å². The first-order valence-corrected chi connectivity index (χ1v) is 6.84. The van der Waals surface area contributed by atoms with Gasteiger partial charge < -0.3 is 10.6 Å². The molecule has 1 aliphatic carbocycles. The van der Waals surface area contributed by atoms with Crippen LogP contribution < -0.4 is 10.6 Å². The summed E-state index contributed by atoms with van der Waals surface area (Å²) in [4.78, 5) is 11.8. The van der Waals surface area contributed by atoms with Gasteiger partial charge in [0.15, 0.2) is 0 Å². The highest BCUT2D eigenvalue weighted by atomic mass is 35.5. The molecule has 17 heavy (non-hydrogen) atoms. The first-order chi connectivity index (χ1) is 7.84. The smallest absolute Gasteiger partial charge is 0.220 e. The molecular formula is C13H25ClN2O. The van der Waals surface area contributed by atoms with Crippen molar-refractivity contribution < 1.29 is 4.79 Å². The van der Waals surface area contributed by atoms with Crippen molar-refractivity contribution in [1.82, 2.24) is 10.6 Å². The van der Waals surface area contributed by atoms with Crippen molar-refractivity contribution in [2.75, 3.05) is 13.1 Å². The van der Waals surface area contributed by atoms with Crippen molar-refractivity contribution in [2.24, 2.45) is 5.92 Å². The molecule has 1 aliphatic heterocycles. The van der Waals surface area contributed by atoms with Crippen LogP contribution in [0.4, 0.5) is 0 Å². The monoisotopic (exact) mass is 260 g/mol. The van der Waals surface area contributed by atoms with E-state index in [4.69, 9.17) is 0 Å². The number of halogens is 1. The summed E-state index contributed by atoms with van der Waals surface area (Å²) in [7, 11) is 0. The second-order valence-corrected chi connectivity index (χ2v) is 5.32. The van der Waals surface area contributed by atoms with Crippen molar-refractivity contribution >= 4 is 18.3 Å². The quantitative estimate of drug-likeness (QED) is 0.765. The lowest BCUT2D eigenvalue weighted by Gasteiger charge is -2.17. The minimum Gasteiger partial charge on any atom is -0.353 e. The van der Waals surface area contributed by atoms with E-state index in [9.17, 15) is 4.79 Å². The topological polar surface area (TPSA) is 41.1 Å². The Morgan fingerprint density at radius 1 is 1.12 bits per heavy atom. The average molecular weight is 261 g/mol. The Kier molecular flexibility index (Phi) is 6.90. The minimum atomic E-state index is 0. The minimum absolute atomic E-state index is 0. The summed E-state index contributed by atoms with van der Waals surface area (Å²) in [5, 5.41) is 6.53. The zero-order chi connectivity index (χ0) is 11.2. The zero-order valence-electron chi connectivity index (χ0n) is 10.5. The van der Waals surface area contributed by atoms with Gasteiger partial charge in [-0.25, -0.2) is 0 Å². The standard InChI is InChI=1S/C13H24N2O.ClH/c16-13(9-11-7-8-14-10-11)15-12-5-3-1-2-4-6-12;/h11-12,14H,1-10H2,(H,15,16);1H. The number of hydrogen-bond donors (Lipinski definition) is 2. The molecule has 1 atom stereocenters. The molecule has 0 aromatic heterocycles. The van der Waals surface area contributed by atoms with Crippen LogP contribution in [0.25, 0.3) is 0 Å². The summed E-state index contributed by atoms with van der Waals surface area (Å²) in [5.74, 6) is 0.853. The van der Waals surface area contributed by atoms with E-state index >= 15 is 0 Å². The highest BCUT2D eigenvalue weighted by molar-refractivity contribution is 5.85. The molecule has 1 saturated carbocycles. The Labute approximate surface area is 111 Å². The molecule has 3 nitrogen and oxygen atoms in total. The third-order valence-corrected chi connectivity index (χ3v) is 3.86. The molecule has 1 amide bonds. The fraction of sp³-hybridized carbons (Fsp3) is 0.923. The van der Waals surface area contributed by atoms with E-state index in [1.165, 1.54) is 38.5 Å². The Morgan fingerprint density at radius 2 is 1.82 bits per heavy atom. The Balaban J connectivity index is 0.00000144. The van der Waals surface area contributed by atoms with Crippen molar-refractivity contribution in [3.05, 3.63) is 0 Å². The van der Waals surface area contributed by atoms with Crippen LogP contribution in [0.3, 0.4) is 0 Å². The third-order valence-electron chi connectivity index (χ3n) is 3.86. The fourth-order valence-electron chi connectivity index (χ4n) is 2.86. The molecule has 2 rings (SSSR count). The maximum Gasteiger partial charge on any atom is 0.220 e. The van der Waals surface area contributed by atoms with Crippen LogP contribution in [-0.2, 0) is 4.79 Å². The number of carbonyl (C=O) groups excluding carboxylic acids is 1. The van der Waals surface area contributed by atoms with Gasteiger partial charge in [-0.15, -0.1) is 12.4 Å². The maximum atomic E-state index is 11.8. The molecule has 0 aromatic carbocycles. The summed E-state index contributed by atoms with van der Waals surface area (Å²) in [6.07, 6.45) is 9.54. The summed E-state index contributed by atoms with van der Waals surface area (Å²) in [6, 6.07) is 0.462. The van der Waals surface area contributed by atoms with Crippen LogP contribution in [-0.4, -0.2) is 25.0 Å². The zero-order valence-corrected chi connectivity index (χ0v) is 11.4. The van der Waals surface area contributed by atoms with Crippen molar-refractivity contribution in [1.29, 1.82) is 0 Å². The molecule has 2 N–H and O–H groups in total. The molecule has 1 saturated heterocycles. The van der Waals surface area contributed by atoms with Gasteiger partial charge in [0.05, 0.1) is 0 Å². The van der Waals surface area contributed by atoms with Crippen molar-refractivity contribution in [3.63, 3.8) is 0 Å². The highest BCUT2D eigenvalue weighted by Gasteiger charge is 2.20. The van der Waals surface area contributed by atoms with E-state index in [1.54, 1.807) is 0 Å². The number of carbonyl (C=O) groups is 1. The molecule has 2 fully saturated rings. The molecule has 0 radical (unpaired) electrons. The van der Waals surface area contributed by atoms with E-state index in [1.807, 2.05) is 0 Å². The predicted octanol–water partition coefficient (Wildman–Crippen LogP) is 2.25. The summed E-state index contributed by atoms with van der Waals surface area (Å²) >= 11 is 0. The molecule has 0 aromatic rings. The van der Waals surface area contributed by atoms with Gasteiger partial charge in [-0.2, -0.15) is 0 Å². The fourth-order valence-corrected chi connectivity index (χ4v) is 2.86. The van der Waals surface area contributed by atoms with E-state index < -0.39 is 0 Å². The lowest BCUT2D eigenvalue weighted by atomic mass is 10.0. The van der Waals surface area contributed by atoms with Gasteiger partial charge in [-0.3, -0.25) is 4.79 Å². The van der Waals surface area contributed by atoms with Crippen LogP contribution >= 0.6 is 12.4 Å². The number of rotatable bonds is 3. The van der Waals surface area contributed by atoms with Gasteiger partial charge >= 0.3 is 0 Å². The van der Waals surface area contributed by atoms with Crippen molar-refractivity contribution in [2.45, 2.75) is 57.4 Å². The first kappa shape index (κ1) is 14.8. The lowest BCUT2D eigenvalue weighted by Crippen LogP contribution is -2.35. The molecule has 2 aliphatic rings. The lowest BCUT2D eigenvalue weighted by molar-refractivity contribution is -0.122. The van der Waals surface area contributed by atoms with E-state index in [-0.39, 0.29) is 18.3 Å². The number of amides is 1. The van der Waals surface area contributed by atoms with Gasteiger partial charge in [0.2, 0.25) is 5.91 Å². The second-order valence-electron chi connectivity index (χ2n) is 5.32. The van der Waals surface area contributed by atoms with E-state index in [0.29, 0.717) is 12.0 Å². The van der Waals surface area contributed by atoms with Crippen LogP contribution in [0, 0.1) is 5.92 Å². The molecule has 0 spiro atoms. The summed E-state index contributed by atoms with van der Waals surface area (Å²) < 4.78 is 0. The third kappa shape index (κ3) is 5.26. The molecule has 100 valence electrons. The van der Waals surface area contributed by atoms with E-state index in [0.717, 1.165) is 25.9 Å². The van der Waals surface area contributed by atoms with Gasteiger partial charge in [0.25, 0.3) is 0 Å². The Hall–Kier alpha value is -0.280. The van der Waals surface area contributed by atoms with Crippen LogP contribution in [0.5, 0.6) is 0 Å². The van der Waals surface area contributed by atoms with E-state index in [2.05, 4.69) is 10.6 Å². The van der Waals surface area contributed by atoms with Crippen molar-refractivity contribution in [3.8, 4) is 0 Å². The summed E-state index contributed by atoms with van der Waals surface area (Å²) in [5.41, 5.74) is 0. The predicted molar refractivity (Wildman–Crippen MR) is 72.5 cm³/mol. The van der Waals surface area contributed by atoms with Crippen LogP contribution in [0.1, 0.15) is 51.4 Å². The van der Waals surface area contributed by atoms with Gasteiger partial charge in [-0.05, 0) is 38.3 Å². The Morgan fingerprint density at radius 3 is 2.41 bits per heavy atom. The normalized spacial score (nSPS) is 26.0. The molecular weight excluding hydrogens is 236 g/mol. The number of hydrogen-bond acceptors (Lipinski definition) is 2. The van der Waals surface area contributed by atoms with Crippen LogP contribution in [0.15, 0.2) is 0 Å². The molecule has 1 heterocycles. The number of nitrogens with one attached hydrogen (secondary N) is 2. The molecule has 1 unspecified atom stereocenters. The molecule has 0 bridgehead atoms. The largest absolute Gasteiger partial charge is 0.353 e. The molecule has 4 heteroatoms. The van der Waals surface area contributed by atoms with Crippen LogP contribution in [0.2, 0.25) is 0 Å². The maximum absolute atomic E-state index is 11.8. The first-order valence-electron chi connectivity index (χ1n) is 6.84. The average Bonchev–Trinajstić information content (AvgIpc) is 2.62. The highest BCUT2D eigenvalue weighted by Crippen LogP contribution is 2.18. The Bertz CT molecular complexity index is 221. The summed E-state index contributed by atoms with van der Waals surface area (Å²) in [6.45, 7) is 2.11. The second kappa shape index (κ2) is 7.93. The SMILES string of the molecule is Cl.O=C(CC1CCNC1)NC1CCCCCC1.